The Labute approximate surface area is 359 Å². The molecule has 0 saturated carbocycles. The van der Waals surface area contributed by atoms with Crippen LogP contribution in [-0.4, -0.2) is 24.1 Å². The van der Waals surface area contributed by atoms with Crippen LogP contribution in [0.5, 0.6) is 0 Å². The number of hydrogen-bond acceptors (Lipinski definition) is 3. The zero-order valence-electron chi connectivity index (χ0n) is 33.8. The monoisotopic (exact) mass is 793 g/mol. The first-order chi connectivity index (χ1) is 30.8. The van der Waals surface area contributed by atoms with E-state index in [1.54, 1.807) is 0 Å². The van der Waals surface area contributed by atoms with Crippen LogP contribution < -0.4 is 0 Å². The summed E-state index contributed by atoms with van der Waals surface area (Å²) in [6.07, 6.45) is 9.40. The molecule has 3 heterocycles. The molecule has 0 saturated heterocycles. The highest BCUT2D eigenvalue weighted by Crippen LogP contribution is 2.47. The van der Waals surface area contributed by atoms with Gasteiger partial charge in [0.25, 0.3) is 0 Å². The highest BCUT2D eigenvalue weighted by molar-refractivity contribution is 6.24. The van der Waals surface area contributed by atoms with Crippen LogP contribution in [0.25, 0.3) is 100 Å². The molecule has 1 aliphatic rings. The minimum absolute atomic E-state index is 0.0436. The van der Waals surface area contributed by atoms with Crippen LogP contribution >= 0.6 is 0 Å². The Balaban J connectivity index is 1.24. The van der Waals surface area contributed by atoms with Gasteiger partial charge in [-0.2, -0.15) is 0 Å². The predicted octanol–water partition coefficient (Wildman–Crippen LogP) is 14.3. The third kappa shape index (κ3) is 5.89. The zero-order valence-corrected chi connectivity index (χ0v) is 33.8. The first-order valence-electron chi connectivity index (χ1n) is 21.2. The molecule has 292 valence electrons. The van der Waals surface area contributed by atoms with E-state index >= 15 is 0 Å². The van der Waals surface area contributed by atoms with Crippen LogP contribution in [0, 0.1) is 0 Å². The molecule has 1 aliphatic carbocycles. The van der Waals surface area contributed by atoms with Gasteiger partial charge in [0.1, 0.15) is 5.82 Å². The molecule has 5 nitrogen and oxygen atoms in total. The van der Waals surface area contributed by atoms with Crippen molar-refractivity contribution < 1.29 is 0 Å². The molecule has 0 fully saturated rings. The molecule has 0 spiro atoms. The molecule has 1 atom stereocenters. The fraction of sp³-hybridized carbons (Fsp3) is 0.0351. The second kappa shape index (κ2) is 14.8. The smallest absolute Gasteiger partial charge is 0.163 e. The molecule has 0 amide bonds. The minimum Gasteiger partial charge on any atom is -0.307 e. The fourth-order valence-electron chi connectivity index (χ4n) is 9.43. The quantitative estimate of drug-likeness (QED) is 0.161. The average Bonchev–Trinajstić information content (AvgIpc) is 3.88. The van der Waals surface area contributed by atoms with E-state index in [4.69, 9.17) is 15.0 Å². The van der Waals surface area contributed by atoms with Crippen molar-refractivity contribution in [3.63, 3.8) is 0 Å². The van der Waals surface area contributed by atoms with Crippen molar-refractivity contribution in [2.45, 2.75) is 12.3 Å². The number of hydrogen-bond donors (Lipinski definition) is 0. The third-order valence-corrected chi connectivity index (χ3v) is 12.2. The number of rotatable bonds is 7. The maximum absolute atomic E-state index is 5.31. The Morgan fingerprint density at radius 2 is 0.887 bits per heavy atom. The van der Waals surface area contributed by atoms with Gasteiger partial charge in [0.2, 0.25) is 0 Å². The summed E-state index contributed by atoms with van der Waals surface area (Å²) in [4.78, 5) is 15.7. The lowest BCUT2D eigenvalue weighted by Gasteiger charge is -2.22. The normalized spacial score (nSPS) is 13.8. The lowest BCUT2D eigenvalue weighted by atomic mass is 9.92. The molecule has 12 rings (SSSR count). The number of para-hydroxylation sites is 3. The van der Waals surface area contributed by atoms with E-state index in [1.807, 2.05) is 18.2 Å². The number of fused-ring (bicyclic) bond motifs is 7. The molecule has 5 heteroatoms. The molecule has 11 aromatic rings. The summed E-state index contributed by atoms with van der Waals surface area (Å²) in [5, 5.41) is 4.81. The topological polar surface area (TPSA) is 48.5 Å². The van der Waals surface area contributed by atoms with Crippen LogP contribution in [0.2, 0.25) is 0 Å². The third-order valence-electron chi connectivity index (χ3n) is 12.2. The molecular weight excluding hydrogens is 755 g/mol. The summed E-state index contributed by atoms with van der Waals surface area (Å²) in [5.41, 5.74) is 13.1. The van der Waals surface area contributed by atoms with E-state index < -0.39 is 0 Å². The van der Waals surface area contributed by atoms with Crippen molar-refractivity contribution in [2.75, 3.05) is 0 Å². The van der Waals surface area contributed by atoms with Crippen LogP contribution in [0.15, 0.2) is 218 Å². The zero-order chi connectivity index (χ0) is 41.0. The maximum atomic E-state index is 5.31. The first kappa shape index (κ1) is 35.8. The molecule has 0 bridgehead atoms. The van der Waals surface area contributed by atoms with Crippen LogP contribution in [0.4, 0.5) is 0 Å². The van der Waals surface area contributed by atoms with Crippen LogP contribution in [0.1, 0.15) is 18.2 Å². The van der Waals surface area contributed by atoms with Gasteiger partial charge in [-0.15, -0.1) is 0 Å². The predicted molar refractivity (Wildman–Crippen MR) is 256 cm³/mol. The van der Waals surface area contributed by atoms with Crippen molar-refractivity contribution in [2.24, 2.45) is 0 Å². The minimum atomic E-state index is 0.0436. The summed E-state index contributed by atoms with van der Waals surface area (Å²) in [7, 11) is 0. The number of benzene rings is 8. The van der Waals surface area contributed by atoms with Gasteiger partial charge in [0, 0.05) is 55.4 Å². The van der Waals surface area contributed by atoms with Crippen LogP contribution in [0.3, 0.4) is 0 Å². The Bertz CT molecular complexity index is 3470. The van der Waals surface area contributed by atoms with Crippen molar-refractivity contribution in [1.29, 1.82) is 0 Å². The van der Waals surface area contributed by atoms with E-state index in [9.17, 15) is 0 Å². The van der Waals surface area contributed by atoms with Gasteiger partial charge in [-0.3, -0.25) is 0 Å². The van der Waals surface area contributed by atoms with E-state index in [1.165, 1.54) is 27.1 Å². The Hall–Kier alpha value is -8.15. The molecule has 0 radical (unpaired) electrons. The second-order valence-electron chi connectivity index (χ2n) is 15.9. The summed E-state index contributed by atoms with van der Waals surface area (Å²) in [6.45, 7) is 0. The van der Waals surface area contributed by atoms with E-state index in [0.717, 1.165) is 73.6 Å². The molecule has 62 heavy (non-hydrogen) atoms. The Kier molecular flexibility index (Phi) is 8.56. The fourth-order valence-corrected chi connectivity index (χ4v) is 9.43. The van der Waals surface area contributed by atoms with Gasteiger partial charge in [0.05, 0.1) is 27.8 Å². The Morgan fingerprint density at radius 3 is 1.45 bits per heavy atom. The van der Waals surface area contributed by atoms with E-state index in [0.29, 0.717) is 11.6 Å². The molecule has 0 N–H and O–H groups in total. The molecule has 3 aromatic heterocycles. The second-order valence-corrected chi connectivity index (χ2v) is 15.9. The Morgan fingerprint density at radius 1 is 0.403 bits per heavy atom. The summed E-state index contributed by atoms with van der Waals surface area (Å²) >= 11 is 0. The lowest BCUT2D eigenvalue weighted by Crippen LogP contribution is -2.08. The first-order valence-corrected chi connectivity index (χ1v) is 21.2. The van der Waals surface area contributed by atoms with Crippen molar-refractivity contribution in [3.05, 3.63) is 224 Å². The highest BCUT2D eigenvalue weighted by Gasteiger charge is 2.26. The SMILES string of the molecule is C1=CCC(c2nc(-c3ccccc3)nc(-c3cc(-c4ccccc4)c(-n4c5ccccc5c5ccc6c7ccccc7n(-c7ccccc7)c6c54)c(-c4ccccc4)c3)n2)C=C1. The van der Waals surface area contributed by atoms with Gasteiger partial charge < -0.3 is 9.13 Å². The number of nitrogens with zero attached hydrogens (tertiary/aromatic N) is 5. The van der Waals surface area contributed by atoms with Crippen molar-refractivity contribution >= 4 is 43.6 Å². The maximum Gasteiger partial charge on any atom is 0.163 e. The number of aromatic nitrogens is 5. The van der Waals surface area contributed by atoms with Crippen molar-refractivity contribution in [1.82, 2.24) is 24.1 Å². The molecular formula is C57H39N5. The van der Waals surface area contributed by atoms with E-state index in [2.05, 4.69) is 209 Å². The van der Waals surface area contributed by atoms with Crippen molar-refractivity contribution in [3.8, 4) is 56.4 Å². The van der Waals surface area contributed by atoms with Gasteiger partial charge >= 0.3 is 0 Å². The molecule has 1 unspecified atom stereocenters. The van der Waals surface area contributed by atoms with Gasteiger partial charge in [0.15, 0.2) is 11.6 Å². The van der Waals surface area contributed by atoms with Gasteiger partial charge in [-0.1, -0.05) is 182 Å². The summed E-state index contributed by atoms with van der Waals surface area (Å²) in [5.74, 6) is 2.12. The van der Waals surface area contributed by atoms with Crippen LogP contribution in [-0.2, 0) is 0 Å². The highest BCUT2D eigenvalue weighted by atomic mass is 15.1. The van der Waals surface area contributed by atoms with Gasteiger partial charge in [-0.25, -0.2) is 15.0 Å². The molecule has 0 aliphatic heterocycles. The standard InChI is InChI=1S/C57H39N5/c1-6-20-38(21-7-1)48-36-42(57-59-55(40-24-10-3-11-25-40)58-56(60-57)41-26-12-4-13-27-41)37-49(39-22-8-2-9-23-39)52(48)62-51-33-19-17-31-45(51)47-35-34-46-44-30-16-18-32-50(44)61(53(46)54(47)62)43-28-14-5-15-29-43/h1-26,28-37,41H,27H2. The summed E-state index contributed by atoms with van der Waals surface area (Å²) in [6, 6.07) is 69.4. The summed E-state index contributed by atoms with van der Waals surface area (Å²) < 4.78 is 4.99. The van der Waals surface area contributed by atoms with Gasteiger partial charge in [-0.05, 0) is 53.9 Å². The average molecular weight is 794 g/mol. The number of allylic oxidation sites excluding steroid dienone is 4. The van der Waals surface area contributed by atoms with E-state index in [-0.39, 0.29) is 5.92 Å². The largest absolute Gasteiger partial charge is 0.307 e. The lowest BCUT2D eigenvalue weighted by molar-refractivity contribution is 0.764. The molecule has 8 aromatic carbocycles.